The molecule has 2 aliphatic rings. The lowest BCUT2D eigenvalue weighted by atomic mass is 9.84. The van der Waals surface area contributed by atoms with Crippen molar-refractivity contribution in [2.75, 3.05) is 0 Å². The van der Waals surface area contributed by atoms with E-state index < -0.39 is 0 Å². The Morgan fingerprint density at radius 2 is 1.84 bits per heavy atom. The summed E-state index contributed by atoms with van der Waals surface area (Å²) in [6.45, 7) is 17.0. The minimum Gasteiger partial charge on any atom is -0.397 e. The highest BCUT2D eigenvalue weighted by molar-refractivity contribution is 6.32. The molecule has 1 spiro atoms. The van der Waals surface area contributed by atoms with E-state index in [1.54, 1.807) is 6.20 Å². The molecule has 2 fully saturated rings. The molecule has 1 saturated heterocycles. The van der Waals surface area contributed by atoms with Crippen molar-refractivity contribution in [2.24, 2.45) is 5.73 Å². The Bertz CT molecular complexity index is 742. The molecule has 2 heterocycles. The van der Waals surface area contributed by atoms with Gasteiger partial charge in [-0.15, -0.1) is 0 Å². The van der Waals surface area contributed by atoms with Gasteiger partial charge in [0.05, 0.1) is 11.4 Å². The normalized spacial score (nSPS) is 21.4. The minimum absolute atomic E-state index is 0.186. The van der Waals surface area contributed by atoms with E-state index in [1.165, 1.54) is 25.7 Å². The maximum Gasteiger partial charge on any atom is 0.115 e. The Hall–Kier alpha value is -1.75. The smallest absolute Gasteiger partial charge is 0.115 e. The molecule has 1 aliphatic heterocycles. The van der Waals surface area contributed by atoms with Crippen molar-refractivity contribution in [2.45, 2.75) is 111 Å². The second-order valence-corrected chi connectivity index (χ2v) is 9.35. The van der Waals surface area contributed by atoms with E-state index in [0.29, 0.717) is 22.7 Å². The lowest BCUT2D eigenvalue weighted by Gasteiger charge is -2.43. The summed E-state index contributed by atoms with van der Waals surface area (Å²) in [7, 11) is 5.83. The van der Waals surface area contributed by atoms with Gasteiger partial charge in [0, 0.05) is 29.0 Å². The summed E-state index contributed by atoms with van der Waals surface area (Å²) in [6.07, 6.45) is 12.7. The molecule has 1 saturated carbocycles. The van der Waals surface area contributed by atoms with Crippen LogP contribution in [0.2, 0.25) is 0 Å². The third kappa shape index (κ3) is 8.72. The number of nitrogens with two attached hydrogens (primary N) is 1. The number of rotatable bonds is 5. The summed E-state index contributed by atoms with van der Waals surface area (Å²) < 4.78 is 0. The molecule has 1 unspecified atom stereocenters. The van der Waals surface area contributed by atoms with Gasteiger partial charge in [0.25, 0.3) is 0 Å². The Morgan fingerprint density at radius 1 is 1.23 bits per heavy atom. The van der Waals surface area contributed by atoms with E-state index in [-0.39, 0.29) is 5.54 Å². The Labute approximate surface area is 193 Å². The zero-order chi connectivity index (χ0) is 23.7. The lowest BCUT2D eigenvalue weighted by Crippen LogP contribution is -2.58. The summed E-state index contributed by atoms with van der Waals surface area (Å²) in [5, 5.41) is 7.52. The highest BCUT2D eigenvalue weighted by Crippen LogP contribution is 2.45. The van der Waals surface area contributed by atoms with Crippen molar-refractivity contribution >= 4 is 19.0 Å². The van der Waals surface area contributed by atoms with Crippen LogP contribution in [0.5, 0.6) is 0 Å². The zero-order valence-electron chi connectivity index (χ0n) is 21.2. The molecular weight excluding hydrogens is 379 g/mol. The molecule has 3 rings (SSSR count). The summed E-state index contributed by atoms with van der Waals surface area (Å²) >= 11 is 0. The predicted octanol–water partition coefficient (Wildman–Crippen LogP) is 4.74. The van der Waals surface area contributed by atoms with Crippen LogP contribution >= 0.6 is 0 Å². The predicted molar refractivity (Wildman–Crippen MR) is 138 cm³/mol. The third-order valence-corrected chi connectivity index (χ3v) is 5.44. The van der Waals surface area contributed by atoms with Crippen molar-refractivity contribution in [1.29, 1.82) is 0 Å². The maximum absolute atomic E-state index is 6.27. The molecule has 1 atom stereocenters. The van der Waals surface area contributed by atoms with Crippen LogP contribution in [0.3, 0.4) is 0 Å². The molecule has 0 bridgehead atoms. The van der Waals surface area contributed by atoms with E-state index in [9.17, 15) is 0 Å². The van der Waals surface area contributed by atoms with E-state index in [2.05, 4.69) is 63.2 Å². The van der Waals surface area contributed by atoms with Gasteiger partial charge in [0.15, 0.2) is 0 Å². The maximum atomic E-state index is 6.27. The van der Waals surface area contributed by atoms with Gasteiger partial charge in [-0.3, -0.25) is 4.98 Å². The largest absolute Gasteiger partial charge is 0.397 e. The van der Waals surface area contributed by atoms with Crippen molar-refractivity contribution in [3.63, 3.8) is 0 Å². The lowest BCUT2D eigenvalue weighted by molar-refractivity contribution is 0.192. The highest BCUT2D eigenvalue weighted by Gasteiger charge is 2.50. The van der Waals surface area contributed by atoms with Crippen molar-refractivity contribution in [3.05, 3.63) is 41.4 Å². The molecule has 0 aromatic carbocycles. The van der Waals surface area contributed by atoms with Gasteiger partial charge >= 0.3 is 0 Å². The summed E-state index contributed by atoms with van der Waals surface area (Å²) in [5.74, 6) is 0. The van der Waals surface area contributed by atoms with Crippen LogP contribution in [-0.4, -0.2) is 29.9 Å². The highest BCUT2D eigenvalue weighted by atomic mass is 15.1. The average Bonchev–Trinajstić information content (AvgIpc) is 3.44. The fraction of sp³-hybridized carbons (Fsp3) is 0.654. The molecule has 1 aromatic heterocycles. The van der Waals surface area contributed by atoms with Crippen LogP contribution in [0.15, 0.2) is 30.1 Å². The number of hydrogen-bond donors (Lipinski definition) is 3. The number of nitrogens with one attached hydrogen (secondary N) is 2. The molecule has 5 heteroatoms. The van der Waals surface area contributed by atoms with Crippen LogP contribution in [0, 0.1) is 0 Å². The number of piperidine rings is 1. The molecule has 4 nitrogen and oxygen atoms in total. The second kappa shape index (κ2) is 12.3. The van der Waals surface area contributed by atoms with Gasteiger partial charge in [-0.25, -0.2) is 0 Å². The van der Waals surface area contributed by atoms with Crippen LogP contribution in [0.25, 0.3) is 5.70 Å². The van der Waals surface area contributed by atoms with Gasteiger partial charge in [-0.2, -0.15) is 0 Å². The van der Waals surface area contributed by atoms with Crippen molar-refractivity contribution in [1.82, 2.24) is 15.6 Å². The second-order valence-electron chi connectivity index (χ2n) is 9.35. The fourth-order valence-corrected chi connectivity index (χ4v) is 4.28. The standard InChI is InChI=1S/C21H31BN4.C3H8.C2H6/c1-5-15-10-16(22)13-24-19(15)18(23)7-6-14(2)25-17-11-20(3,4)26-21(12-17)8-9-21;1-3-2;1-2/h6-7,10,13,17,25-26H,5,8-9,11-12,23H2,1-4H3;3H2,1-2H3;1-2H3/b14-6+,18-7-;;. The first-order chi connectivity index (χ1) is 14.6. The molecule has 2 radical (unpaired) electrons. The summed E-state index contributed by atoms with van der Waals surface area (Å²) in [6, 6.07) is 2.45. The van der Waals surface area contributed by atoms with E-state index in [1.807, 2.05) is 26.0 Å². The molecule has 1 aliphatic carbocycles. The fourth-order valence-electron chi connectivity index (χ4n) is 4.28. The molecule has 4 N–H and O–H groups in total. The molecular formula is C26H45BN4. The Kier molecular flexibility index (Phi) is 10.9. The van der Waals surface area contributed by atoms with Crippen LogP contribution in [-0.2, 0) is 6.42 Å². The Morgan fingerprint density at radius 3 is 2.39 bits per heavy atom. The van der Waals surface area contributed by atoms with Gasteiger partial charge < -0.3 is 16.4 Å². The van der Waals surface area contributed by atoms with E-state index >= 15 is 0 Å². The first kappa shape index (κ1) is 27.3. The van der Waals surface area contributed by atoms with Gasteiger partial charge in [-0.1, -0.05) is 52.6 Å². The molecule has 0 amide bonds. The van der Waals surface area contributed by atoms with E-state index in [4.69, 9.17) is 13.6 Å². The number of aromatic nitrogens is 1. The molecule has 31 heavy (non-hydrogen) atoms. The Balaban J connectivity index is 0.000000884. The van der Waals surface area contributed by atoms with Crippen LogP contribution in [0.1, 0.15) is 98.8 Å². The number of hydrogen-bond acceptors (Lipinski definition) is 4. The SMILES string of the molecule is CC.CCC.[B]c1cnc(/C(N)=C/C=C(\C)NC2CC(C)(C)NC3(CC3)C2)c(CC)c1. The topological polar surface area (TPSA) is 63.0 Å². The van der Waals surface area contributed by atoms with Crippen molar-refractivity contribution in [3.8, 4) is 0 Å². The molecule has 1 aromatic rings. The quantitative estimate of drug-likeness (QED) is 0.472. The number of pyridine rings is 1. The minimum atomic E-state index is 0.186. The van der Waals surface area contributed by atoms with Crippen LogP contribution < -0.4 is 21.8 Å². The number of nitrogens with zero attached hydrogens (tertiary/aromatic N) is 1. The number of aryl methyl sites for hydroxylation is 1. The van der Waals surface area contributed by atoms with Crippen LogP contribution in [0.4, 0.5) is 0 Å². The first-order valence-corrected chi connectivity index (χ1v) is 12.1. The zero-order valence-corrected chi connectivity index (χ0v) is 21.2. The van der Waals surface area contributed by atoms with Gasteiger partial charge in [0.1, 0.15) is 7.85 Å². The first-order valence-electron chi connectivity index (χ1n) is 12.1. The summed E-state index contributed by atoms with van der Waals surface area (Å²) in [4.78, 5) is 4.41. The summed E-state index contributed by atoms with van der Waals surface area (Å²) in [5.41, 5.74) is 11.2. The third-order valence-electron chi connectivity index (χ3n) is 5.44. The van der Waals surface area contributed by atoms with Gasteiger partial charge in [-0.05, 0) is 70.6 Å². The van der Waals surface area contributed by atoms with Gasteiger partial charge in [0.2, 0.25) is 0 Å². The van der Waals surface area contributed by atoms with E-state index in [0.717, 1.165) is 29.8 Å². The number of allylic oxidation sites excluding steroid dienone is 3. The molecule has 172 valence electrons. The average molecular weight is 424 g/mol. The van der Waals surface area contributed by atoms with Crippen molar-refractivity contribution < 1.29 is 0 Å². The monoisotopic (exact) mass is 424 g/mol.